The van der Waals surface area contributed by atoms with Gasteiger partial charge in [-0.2, -0.15) is 0 Å². The Morgan fingerprint density at radius 1 is 1.31 bits per heavy atom. The largest absolute Gasteiger partial charge is 0.456 e. The van der Waals surface area contributed by atoms with Gasteiger partial charge in [-0.1, -0.05) is 12.0 Å². The Bertz CT molecular complexity index is 408. The highest BCUT2D eigenvalue weighted by Gasteiger charge is 2.10. The first-order chi connectivity index (χ1) is 6.29. The Morgan fingerprint density at radius 3 is 2.69 bits per heavy atom. The quantitative estimate of drug-likeness (QED) is 0.744. The molecule has 0 atom stereocenters. The molecular weight excluding hydrogens is 192 g/mol. The lowest BCUT2D eigenvalue weighted by Crippen LogP contribution is -1.73. The molecule has 0 N–H and O–H groups in total. The summed E-state index contributed by atoms with van der Waals surface area (Å²) in [5, 5.41) is 7.23. The Balaban J connectivity index is 2.35. The minimum atomic E-state index is 0.0180. The molecule has 0 aliphatic heterocycles. The average molecular weight is 199 g/mol. The van der Waals surface area contributed by atoms with Gasteiger partial charge in [-0.3, -0.25) is 0 Å². The molecule has 0 aromatic carbocycles. The van der Waals surface area contributed by atoms with Crippen LogP contribution < -0.4 is 0 Å². The van der Waals surface area contributed by atoms with Gasteiger partial charge in [0.1, 0.15) is 5.76 Å². The maximum absolute atomic E-state index is 5.47. The molecule has 2 aromatic heterocycles. The van der Waals surface area contributed by atoms with Crippen LogP contribution in [-0.2, 0) is 6.42 Å². The summed E-state index contributed by atoms with van der Waals surface area (Å²) in [6.07, 6.45) is 0.835. The zero-order chi connectivity index (χ0) is 9.26. The van der Waals surface area contributed by atoms with Crippen LogP contribution in [0, 0.1) is 0 Å². The maximum Gasteiger partial charge on any atom is 0.313 e. The van der Waals surface area contributed by atoms with Crippen LogP contribution >= 0.6 is 11.6 Å². The van der Waals surface area contributed by atoms with Gasteiger partial charge in [0, 0.05) is 6.42 Å². The molecule has 0 amide bonds. The molecule has 0 saturated heterocycles. The third-order valence-electron chi connectivity index (χ3n) is 1.62. The molecule has 2 aromatic rings. The summed E-state index contributed by atoms with van der Waals surface area (Å²) in [7, 11) is 0. The van der Waals surface area contributed by atoms with Crippen LogP contribution in [0.15, 0.2) is 21.0 Å². The topological polar surface area (TPSA) is 52.1 Å². The van der Waals surface area contributed by atoms with E-state index in [1.165, 1.54) is 0 Å². The lowest BCUT2D eigenvalue weighted by molar-refractivity contribution is 0.491. The molecule has 5 heteroatoms. The standard InChI is InChI=1S/C8H7ClN2O2/c1-2-5-3-4-6(12-5)7-10-11-8(9)13-7/h3-4H,2H2,1H3. The lowest BCUT2D eigenvalue weighted by Gasteiger charge is -1.87. The van der Waals surface area contributed by atoms with Crippen LogP contribution in [0.3, 0.4) is 0 Å². The van der Waals surface area contributed by atoms with E-state index in [2.05, 4.69) is 10.2 Å². The molecule has 0 aliphatic carbocycles. The van der Waals surface area contributed by atoms with E-state index >= 15 is 0 Å². The van der Waals surface area contributed by atoms with Gasteiger partial charge in [0.05, 0.1) is 0 Å². The predicted molar refractivity (Wildman–Crippen MR) is 46.4 cm³/mol. The van der Waals surface area contributed by atoms with Crippen molar-refractivity contribution in [1.82, 2.24) is 10.2 Å². The Morgan fingerprint density at radius 2 is 2.15 bits per heavy atom. The van der Waals surface area contributed by atoms with Crippen LogP contribution in [-0.4, -0.2) is 10.2 Å². The molecule has 2 heterocycles. The number of nitrogens with zero attached hydrogens (tertiary/aromatic N) is 2. The van der Waals surface area contributed by atoms with Gasteiger partial charge in [-0.25, -0.2) is 0 Å². The summed E-state index contributed by atoms with van der Waals surface area (Å²) in [4.78, 5) is 0. The molecule has 13 heavy (non-hydrogen) atoms. The molecule has 0 fully saturated rings. The second kappa shape index (κ2) is 3.22. The first kappa shape index (κ1) is 8.31. The van der Waals surface area contributed by atoms with Crippen molar-refractivity contribution in [3.63, 3.8) is 0 Å². The number of furan rings is 1. The third kappa shape index (κ3) is 1.58. The fourth-order valence-corrected chi connectivity index (χ4v) is 1.10. The molecule has 0 radical (unpaired) electrons. The summed E-state index contributed by atoms with van der Waals surface area (Å²) in [6.45, 7) is 2.00. The molecular formula is C8H7ClN2O2. The zero-order valence-electron chi connectivity index (χ0n) is 6.95. The fourth-order valence-electron chi connectivity index (χ4n) is 0.988. The summed E-state index contributed by atoms with van der Waals surface area (Å²) < 4.78 is 10.4. The highest BCUT2D eigenvalue weighted by Crippen LogP contribution is 2.22. The third-order valence-corrected chi connectivity index (χ3v) is 1.77. The lowest BCUT2D eigenvalue weighted by atomic mass is 10.3. The van der Waals surface area contributed by atoms with Crippen molar-refractivity contribution >= 4 is 11.6 Å². The summed E-state index contributed by atoms with van der Waals surface area (Å²) in [5.74, 6) is 1.74. The summed E-state index contributed by atoms with van der Waals surface area (Å²) in [6, 6.07) is 3.65. The second-order valence-electron chi connectivity index (χ2n) is 2.48. The Hall–Kier alpha value is -1.29. The van der Waals surface area contributed by atoms with E-state index in [4.69, 9.17) is 20.4 Å². The maximum atomic E-state index is 5.47. The number of rotatable bonds is 2. The van der Waals surface area contributed by atoms with Crippen molar-refractivity contribution in [1.29, 1.82) is 0 Å². The molecule has 2 rings (SSSR count). The van der Waals surface area contributed by atoms with E-state index in [1.54, 1.807) is 6.07 Å². The van der Waals surface area contributed by atoms with Gasteiger partial charge in [0.2, 0.25) is 0 Å². The molecule has 4 nitrogen and oxygen atoms in total. The van der Waals surface area contributed by atoms with Crippen molar-refractivity contribution in [2.24, 2.45) is 0 Å². The van der Waals surface area contributed by atoms with Crippen molar-refractivity contribution in [2.75, 3.05) is 0 Å². The predicted octanol–water partition coefficient (Wildman–Crippen LogP) is 2.55. The van der Waals surface area contributed by atoms with Gasteiger partial charge < -0.3 is 8.83 Å². The van der Waals surface area contributed by atoms with Gasteiger partial charge in [-0.15, -0.1) is 5.10 Å². The number of aryl methyl sites for hydroxylation is 1. The monoisotopic (exact) mass is 198 g/mol. The van der Waals surface area contributed by atoms with Crippen molar-refractivity contribution < 1.29 is 8.83 Å². The van der Waals surface area contributed by atoms with Crippen LogP contribution in [0.5, 0.6) is 0 Å². The van der Waals surface area contributed by atoms with E-state index in [-0.39, 0.29) is 5.35 Å². The van der Waals surface area contributed by atoms with Crippen molar-refractivity contribution in [3.05, 3.63) is 23.2 Å². The first-order valence-electron chi connectivity index (χ1n) is 3.87. The minimum Gasteiger partial charge on any atom is -0.456 e. The SMILES string of the molecule is CCc1ccc(-c2nnc(Cl)o2)o1. The summed E-state index contributed by atoms with van der Waals surface area (Å²) >= 11 is 5.47. The van der Waals surface area contributed by atoms with Gasteiger partial charge in [0.25, 0.3) is 5.89 Å². The number of hydrogen-bond acceptors (Lipinski definition) is 4. The van der Waals surface area contributed by atoms with E-state index in [0.717, 1.165) is 12.2 Å². The number of hydrogen-bond donors (Lipinski definition) is 0. The van der Waals surface area contributed by atoms with Crippen LogP contribution in [0.2, 0.25) is 5.35 Å². The van der Waals surface area contributed by atoms with Crippen LogP contribution in [0.25, 0.3) is 11.7 Å². The van der Waals surface area contributed by atoms with Crippen molar-refractivity contribution in [2.45, 2.75) is 13.3 Å². The van der Waals surface area contributed by atoms with Gasteiger partial charge in [0.15, 0.2) is 5.76 Å². The molecule has 0 unspecified atom stereocenters. The van der Waals surface area contributed by atoms with E-state index in [0.29, 0.717) is 11.7 Å². The van der Waals surface area contributed by atoms with E-state index < -0.39 is 0 Å². The Labute approximate surface area is 79.5 Å². The average Bonchev–Trinajstić information content (AvgIpc) is 2.71. The normalized spacial score (nSPS) is 10.6. The van der Waals surface area contributed by atoms with Crippen LogP contribution in [0.4, 0.5) is 0 Å². The van der Waals surface area contributed by atoms with E-state index in [1.807, 2.05) is 13.0 Å². The highest BCUT2D eigenvalue weighted by atomic mass is 35.5. The van der Waals surface area contributed by atoms with Crippen molar-refractivity contribution in [3.8, 4) is 11.7 Å². The molecule has 68 valence electrons. The van der Waals surface area contributed by atoms with Crippen LogP contribution in [0.1, 0.15) is 12.7 Å². The molecule has 0 bridgehead atoms. The summed E-state index contributed by atoms with van der Waals surface area (Å²) in [5.41, 5.74) is 0. The number of halogens is 1. The fraction of sp³-hybridized carbons (Fsp3) is 0.250. The zero-order valence-corrected chi connectivity index (χ0v) is 7.71. The first-order valence-corrected chi connectivity index (χ1v) is 4.25. The van der Waals surface area contributed by atoms with Gasteiger partial charge in [-0.05, 0) is 23.7 Å². The molecule has 0 aliphatic rings. The minimum absolute atomic E-state index is 0.0180. The Kier molecular flexibility index (Phi) is 2.06. The molecule has 0 spiro atoms. The highest BCUT2D eigenvalue weighted by molar-refractivity contribution is 6.27. The molecule has 0 saturated carbocycles. The smallest absolute Gasteiger partial charge is 0.313 e. The second-order valence-corrected chi connectivity index (χ2v) is 2.80. The van der Waals surface area contributed by atoms with Gasteiger partial charge >= 0.3 is 5.35 Å². The van der Waals surface area contributed by atoms with E-state index in [9.17, 15) is 0 Å². The number of aromatic nitrogens is 2.